The monoisotopic (exact) mass is 335 g/mol. The number of carbonyl (C=O) groups excluding carboxylic acids is 1. The lowest BCUT2D eigenvalue weighted by atomic mass is 10.0. The molecule has 6 nitrogen and oxygen atoms in total. The molecule has 23 heavy (non-hydrogen) atoms. The molecule has 0 aliphatic carbocycles. The number of carbonyl (C=O) groups is 1. The van der Waals surface area contributed by atoms with Crippen LogP contribution in [0.1, 0.15) is 31.1 Å². The van der Waals surface area contributed by atoms with Crippen LogP contribution in [0.25, 0.3) is 5.69 Å². The van der Waals surface area contributed by atoms with Crippen molar-refractivity contribution in [1.29, 1.82) is 0 Å². The third-order valence-corrected chi connectivity index (χ3v) is 4.71. The molecule has 2 aromatic rings. The van der Waals surface area contributed by atoms with E-state index in [-0.39, 0.29) is 23.1 Å². The first-order valence-electron chi connectivity index (χ1n) is 7.57. The van der Waals surface area contributed by atoms with Gasteiger partial charge in [0, 0.05) is 6.54 Å². The number of fused-ring (bicyclic) bond motifs is 1. The van der Waals surface area contributed by atoms with E-state index in [1.807, 2.05) is 0 Å². The van der Waals surface area contributed by atoms with Crippen LogP contribution in [0.4, 0.5) is 4.39 Å². The summed E-state index contributed by atoms with van der Waals surface area (Å²) >= 11 is 5.81. The van der Waals surface area contributed by atoms with Gasteiger partial charge in [-0.3, -0.25) is 9.69 Å². The number of hydrogen-bond donors (Lipinski definition) is 1. The van der Waals surface area contributed by atoms with Gasteiger partial charge in [0.15, 0.2) is 0 Å². The lowest BCUT2D eigenvalue weighted by molar-refractivity contribution is -0.122. The van der Waals surface area contributed by atoms with E-state index in [9.17, 15) is 9.18 Å². The van der Waals surface area contributed by atoms with Crippen LogP contribution in [0.3, 0.4) is 0 Å². The number of aromatic nitrogens is 3. The Hall–Kier alpha value is -1.99. The molecule has 2 aliphatic rings. The average molecular weight is 336 g/mol. The van der Waals surface area contributed by atoms with E-state index >= 15 is 0 Å². The van der Waals surface area contributed by atoms with E-state index in [0.29, 0.717) is 11.4 Å². The molecule has 1 aromatic heterocycles. The molecule has 0 radical (unpaired) electrons. The quantitative estimate of drug-likeness (QED) is 0.912. The first-order valence-corrected chi connectivity index (χ1v) is 7.95. The molecule has 0 saturated carbocycles. The summed E-state index contributed by atoms with van der Waals surface area (Å²) in [5.74, 6) is -0.427. The lowest BCUT2D eigenvalue weighted by Crippen LogP contribution is -2.38. The van der Waals surface area contributed by atoms with Gasteiger partial charge in [0.1, 0.15) is 17.7 Å². The van der Waals surface area contributed by atoms with Crippen molar-refractivity contribution in [3.05, 3.63) is 40.9 Å². The maximum absolute atomic E-state index is 13.3. The van der Waals surface area contributed by atoms with Crippen molar-refractivity contribution in [1.82, 2.24) is 25.2 Å². The van der Waals surface area contributed by atoms with Gasteiger partial charge in [-0.2, -0.15) is 0 Å². The van der Waals surface area contributed by atoms with Gasteiger partial charge in [0.05, 0.1) is 22.9 Å². The highest BCUT2D eigenvalue weighted by atomic mass is 35.5. The number of piperidine rings is 1. The van der Waals surface area contributed by atoms with Crippen LogP contribution < -0.4 is 5.32 Å². The van der Waals surface area contributed by atoms with E-state index in [4.69, 9.17) is 11.6 Å². The zero-order valence-electron chi connectivity index (χ0n) is 12.2. The number of amides is 1. The summed E-state index contributed by atoms with van der Waals surface area (Å²) in [5, 5.41) is 11.3. The van der Waals surface area contributed by atoms with Crippen LogP contribution in [0.5, 0.6) is 0 Å². The summed E-state index contributed by atoms with van der Waals surface area (Å²) in [6.45, 7) is 0.864. The van der Waals surface area contributed by atoms with Crippen LogP contribution in [-0.2, 0) is 4.79 Å². The molecule has 1 aromatic carbocycles. The molecule has 1 N–H and O–H groups in total. The van der Waals surface area contributed by atoms with Gasteiger partial charge in [-0.1, -0.05) is 23.2 Å². The van der Waals surface area contributed by atoms with E-state index in [0.717, 1.165) is 25.8 Å². The summed E-state index contributed by atoms with van der Waals surface area (Å²) < 4.78 is 14.8. The van der Waals surface area contributed by atoms with E-state index < -0.39 is 5.82 Å². The van der Waals surface area contributed by atoms with Crippen molar-refractivity contribution in [3.63, 3.8) is 0 Å². The van der Waals surface area contributed by atoms with Crippen LogP contribution in [0, 0.1) is 5.82 Å². The van der Waals surface area contributed by atoms with Crippen molar-refractivity contribution < 1.29 is 9.18 Å². The fourth-order valence-electron chi connectivity index (χ4n) is 3.26. The molecule has 2 aliphatic heterocycles. The molecule has 1 amide bonds. The molecule has 8 heteroatoms. The van der Waals surface area contributed by atoms with Gasteiger partial charge in [0.25, 0.3) is 0 Å². The van der Waals surface area contributed by atoms with Gasteiger partial charge in [-0.25, -0.2) is 9.07 Å². The third-order valence-electron chi connectivity index (χ3n) is 4.42. The van der Waals surface area contributed by atoms with Gasteiger partial charge >= 0.3 is 0 Å². The molecular weight excluding hydrogens is 321 g/mol. The number of halogens is 2. The van der Waals surface area contributed by atoms with Crippen molar-refractivity contribution in [3.8, 4) is 5.69 Å². The normalized spacial score (nSPS) is 24.5. The Morgan fingerprint density at radius 3 is 3.04 bits per heavy atom. The number of hydrogen-bond acceptors (Lipinski definition) is 4. The average Bonchev–Trinajstić information content (AvgIpc) is 3.16. The number of nitrogens with zero attached hydrogens (tertiary/aromatic N) is 4. The van der Waals surface area contributed by atoms with Crippen molar-refractivity contribution in [2.45, 2.75) is 31.5 Å². The topological polar surface area (TPSA) is 63.1 Å². The largest absolute Gasteiger partial charge is 0.334 e. The van der Waals surface area contributed by atoms with Crippen LogP contribution in [0.15, 0.2) is 24.4 Å². The Kier molecular flexibility index (Phi) is 3.54. The smallest absolute Gasteiger partial charge is 0.238 e. The second-order valence-electron chi connectivity index (χ2n) is 5.85. The summed E-state index contributed by atoms with van der Waals surface area (Å²) in [5.41, 5.74) is 1.29. The molecule has 2 atom stereocenters. The second-order valence-corrected chi connectivity index (χ2v) is 6.25. The minimum Gasteiger partial charge on any atom is -0.334 e. The highest BCUT2D eigenvalue weighted by molar-refractivity contribution is 6.30. The molecule has 4 rings (SSSR count). The zero-order valence-corrected chi connectivity index (χ0v) is 13.0. The molecular formula is C15H15ClFN5O. The molecule has 2 saturated heterocycles. The highest BCUT2D eigenvalue weighted by Crippen LogP contribution is 2.31. The maximum Gasteiger partial charge on any atom is 0.238 e. The molecule has 120 valence electrons. The number of nitrogens with one attached hydrogen (secondary N) is 1. The fraction of sp³-hybridized carbons (Fsp3) is 0.400. The highest BCUT2D eigenvalue weighted by Gasteiger charge is 2.42. The Labute approximate surface area is 137 Å². The molecule has 2 fully saturated rings. The van der Waals surface area contributed by atoms with E-state index in [1.54, 1.807) is 12.3 Å². The van der Waals surface area contributed by atoms with Crippen molar-refractivity contribution >= 4 is 17.5 Å². The predicted octanol–water partition coefficient (Wildman–Crippen LogP) is 2.04. The van der Waals surface area contributed by atoms with Gasteiger partial charge in [0.2, 0.25) is 5.91 Å². The minimum absolute atomic E-state index is 0.0322. The molecule has 3 heterocycles. The molecule has 0 spiro atoms. The Morgan fingerprint density at radius 2 is 2.22 bits per heavy atom. The van der Waals surface area contributed by atoms with Gasteiger partial charge < -0.3 is 5.32 Å². The third kappa shape index (κ3) is 2.49. The van der Waals surface area contributed by atoms with Gasteiger partial charge in [-0.15, -0.1) is 5.10 Å². The number of rotatable bonds is 2. The first kappa shape index (κ1) is 14.6. The summed E-state index contributed by atoms with van der Waals surface area (Å²) in [7, 11) is 0. The number of benzene rings is 1. The zero-order chi connectivity index (χ0) is 16.0. The molecule has 0 unspecified atom stereocenters. The van der Waals surface area contributed by atoms with Crippen molar-refractivity contribution in [2.24, 2.45) is 0 Å². The minimum atomic E-state index is -0.477. The van der Waals surface area contributed by atoms with Gasteiger partial charge in [-0.05, 0) is 31.0 Å². The Balaban J connectivity index is 1.62. The van der Waals surface area contributed by atoms with Crippen LogP contribution >= 0.6 is 11.6 Å². The molecule has 0 bridgehead atoms. The van der Waals surface area contributed by atoms with Crippen LogP contribution in [-0.4, -0.2) is 38.4 Å². The fourth-order valence-corrected chi connectivity index (χ4v) is 3.43. The van der Waals surface area contributed by atoms with E-state index in [1.165, 1.54) is 16.8 Å². The summed E-state index contributed by atoms with van der Waals surface area (Å²) in [6.07, 6.45) is 4.51. The second kappa shape index (κ2) is 5.58. The first-order chi connectivity index (χ1) is 11.1. The predicted molar refractivity (Wildman–Crippen MR) is 81.6 cm³/mol. The lowest BCUT2D eigenvalue weighted by Gasteiger charge is -2.30. The van der Waals surface area contributed by atoms with Crippen molar-refractivity contribution in [2.75, 3.05) is 6.54 Å². The standard InChI is InChI=1S/C15H15ClFN5O/c16-10-7-9(4-5-11(10)17)22-8-12(19-20-22)14-18-15(23)13-3-1-2-6-21(13)14/h4-5,7-8,13-14H,1-3,6H2,(H,18,23)/t13-,14-/m0/s1. The maximum atomic E-state index is 13.3. The summed E-state index contributed by atoms with van der Waals surface area (Å²) in [4.78, 5) is 14.2. The van der Waals surface area contributed by atoms with E-state index in [2.05, 4.69) is 20.5 Å². The summed E-state index contributed by atoms with van der Waals surface area (Å²) in [6, 6.07) is 4.29. The SMILES string of the molecule is O=C1N[C@H](c2cn(-c3ccc(F)c(Cl)c3)nn2)N2CCCC[C@@H]12. The Bertz CT molecular complexity index is 764. The van der Waals surface area contributed by atoms with Crippen LogP contribution in [0.2, 0.25) is 5.02 Å². The Morgan fingerprint density at radius 1 is 1.35 bits per heavy atom.